The smallest absolute Gasteiger partial charge is 0.407 e. The van der Waals surface area contributed by atoms with Gasteiger partial charge in [-0.15, -0.1) is 0 Å². The lowest BCUT2D eigenvalue weighted by Crippen LogP contribution is -2.52. The zero-order valence-corrected chi connectivity index (χ0v) is 19.4. The van der Waals surface area contributed by atoms with Gasteiger partial charge in [0.25, 0.3) is 0 Å². The van der Waals surface area contributed by atoms with E-state index in [9.17, 15) is 24.3 Å². The van der Waals surface area contributed by atoms with Gasteiger partial charge in [-0.2, -0.15) is 0 Å². The molecule has 10 nitrogen and oxygen atoms in total. The lowest BCUT2D eigenvalue weighted by atomic mass is 10.2. The lowest BCUT2D eigenvalue weighted by Gasteiger charge is -2.26. The SMILES string of the molecule is C[C@@H](NC(=O)CNC(=O)OCc1ccccc1)C(=O)N1C[C@@H](O)C[C@@H]1C(=O)OCc1ccccc1. The average Bonchev–Trinajstić information content (AvgIpc) is 3.27. The molecular weight excluding hydrogens is 454 g/mol. The maximum absolute atomic E-state index is 12.9. The van der Waals surface area contributed by atoms with Crippen molar-refractivity contribution >= 4 is 23.9 Å². The van der Waals surface area contributed by atoms with Crippen molar-refractivity contribution in [1.82, 2.24) is 15.5 Å². The molecule has 1 heterocycles. The highest BCUT2D eigenvalue weighted by Gasteiger charge is 2.41. The molecule has 10 heteroatoms. The van der Waals surface area contributed by atoms with E-state index in [0.717, 1.165) is 11.1 Å². The first kappa shape index (κ1) is 25.7. The summed E-state index contributed by atoms with van der Waals surface area (Å²) < 4.78 is 10.4. The predicted molar refractivity (Wildman–Crippen MR) is 125 cm³/mol. The van der Waals surface area contributed by atoms with Crippen molar-refractivity contribution in [2.75, 3.05) is 13.1 Å². The highest BCUT2D eigenvalue weighted by atomic mass is 16.5. The average molecular weight is 484 g/mol. The largest absolute Gasteiger partial charge is 0.459 e. The first-order valence-electron chi connectivity index (χ1n) is 11.3. The maximum atomic E-state index is 12.9. The highest BCUT2D eigenvalue weighted by Crippen LogP contribution is 2.21. The number of β-amino-alcohol motifs (C(OH)–C–C–N with tert-alkyl or cyclic N) is 1. The number of carbonyl (C=O) groups is 4. The van der Waals surface area contributed by atoms with E-state index in [0.29, 0.717) is 0 Å². The molecule has 1 fully saturated rings. The minimum absolute atomic E-state index is 0.0474. The standard InChI is InChI=1S/C25H29N3O7/c1-17(27-22(30)13-26-25(33)35-16-19-10-6-3-7-11-19)23(31)28-14-20(29)12-21(28)24(32)34-15-18-8-4-2-5-9-18/h2-11,17,20-21,29H,12-16H2,1H3,(H,26,33)(H,27,30)/t17-,20+,21-/m1/s1. The Morgan fingerprint density at radius 1 is 0.971 bits per heavy atom. The van der Waals surface area contributed by atoms with Crippen molar-refractivity contribution in [3.63, 3.8) is 0 Å². The van der Waals surface area contributed by atoms with Gasteiger partial charge >= 0.3 is 12.1 Å². The van der Waals surface area contributed by atoms with Crippen LogP contribution in [-0.4, -0.2) is 65.2 Å². The number of rotatable bonds is 9. The third kappa shape index (κ3) is 7.82. The molecule has 0 unspecified atom stereocenters. The van der Waals surface area contributed by atoms with Gasteiger partial charge in [0.05, 0.1) is 6.10 Å². The van der Waals surface area contributed by atoms with E-state index in [1.807, 2.05) is 48.5 Å². The summed E-state index contributed by atoms with van der Waals surface area (Å²) in [5.41, 5.74) is 1.60. The monoisotopic (exact) mass is 483 g/mol. The van der Waals surface area contributed by atoms with Crippen LogP contribution >= 0.6 is 0 Å². The number of likely N-dealkylation sites (tertiary alicyclic amines) is 1. The number of amides is 3. The van der Waals surface area contributed by atoms with Crippen LogP contribution in [-0.2, 0) is 37.1 Å². The molecule has 0 spiro atoms. The molecule has 0 radical (unpaired) electrons. The molecule has 0 saturated carbocycles. The van der Waals surface area contributed by atoms with Crippen LogP contribution in [0.5, 0.6) is 0 Å². The van der Waals surface area contributed by atoms with Gasteiger partial charge in [0, 0.05) is 13.0 Å². The Morgan fingerprint density at radius 3 is 2.14 bits per heavy atom. The van der Waals surface area contributed by atoms with Crippen molar-refractivity contribution in [2.24, 2.45) is 0 Å². The summed E-state index contributed by atoms with van der Waals surface area (Å²) >= 11 is 0. The molecule has 0 aromatic heterocycles. The van der Waals surface area contributed by atoms with Crippen molar-refractivity contribution in [1.29, 1.82) is 0 Å². The van der Waals surface area contributed by atoms with E-state index in [-0.39, 0.29) is 26.2 Å². The second-order valence-corrected chi connectivity index (χ2v) is 8.19. The summed E-state index contributed by atoms with van der Waals surface area (Å²) in [5, 5.41) is 14.8. The summed E-state index contributed by atoms with van der Waals surface area (Å²) in [7, 11) is 0. The number of alkyl carbamates (subject to hydrolysis) is 1. The zero-order chi connectivity index (χ0) is 25.2. The Hall–Kier alpha value is -3.92. The Balaban J connectivity index is 1.44. The molecular formula is C25H29N3O7. The quantitative estimate of drug-likeness (QED) is 0.455. The van der Waals surface area contributed by atoms with Crippen LogP contribution in [0.4, 0.5) is 4.79 Å². The van der Waals surface area contributed by atoms with Crippen LogP contribution < -0.4 is 10.6 Å². The van der Waals surface area contributed by atoms with E-state index in [1.165, 1.54) is 11.8 Å². The summed E-state index contributed by atoms with van der Waals surface area (Å²) in [4.78, 5) is 50.7. The number of carbonyl (C=O) groups excluding carboxylic acids is 4. The van der Waals surface area contributed by atoms with Crippen molar-refractivity contribution < 1.29 is 33.8 Å². The molecule has 3 N–H and O–H groups in total. The van der Waals surface area contributed by atoms with E-state index < -0.39 is 48.6 Å². The van der Waals surface area contributed by atoms with E-state index in [2.05, 4.69) is 10.6 Å². The van der Waals surface area contributed by atoms with Crippen molar-refractivity contribution in [2.45, 2.75) is 44.7 Å². The van der Waals surface area contributed by atoms with Crippen LogP contribution in [0.25, 0.3) is 0 Å². The molecule has 186 valence electrons. The van der Waals surface area contributed by atoms with Gasteiger partial charge < -0.3 is 30.1 Å². The Kier molecular flexibility index (Phi) is 9.19. The van der Waals surface area contributed by atoms with E-state index >= 15 is 0 Å². The molecule has 3 atom stereocenters. The number of aliphatic hydroxyl groups is 1. The minimum Gasteiger partial charge on any atom is -0.459 e. The number of ether oxygens (including phenoxy) is 2. The molecule has 1 saturated heterocycles. The molecule has 3 rings (SSSR count). The molecule has 35 heavy (non-hydrogen) atoms. The van der Waals surface area contributed by atoms with Gasteiger partial charge in [-0.3, -0.25) is 9.59 Å². The third-order valence-electron chi connectivity index (χ3n) is 5.41. The third-order valence-corrected chi connectivity index (χ3v) is 5.41. The Morgan fingerprint density at radius 2 is 1.54 bits per heavy atom. The fraction of sp³-hybridized carbons (Fsp3) is 0.360. The molecule has 3 amide bonds. The number of nitrogens with zero attached hydrogens (tertiary/aromatic N) is 1. The molecule has 2 aromatic rings. The van der Waals surface area contributed by atoms with Crippen LogP contribution in [0.3, 0.4) is 0 Å². The highest BCUT2D eigenvalue weighted by molar-refractivity contribution is 5.92. The van der Waals surface area contributed by atoms with Gasteiger partial charge in [0.15, 0.2) is 0 Å². The van der Waals surface area contributed by atoms with Crippen LogP contribution in [0.1, 0.15) is 24.5 Å². The lowest BCUT2D eigenvalue weighted by molar-refractivity contribution is -0.155. The van der Waals surface area contributed by atoms with Gasteiger partial charge in [0.1, 0.15) is 31.8 Å². The second kappa shape index (κ2) is 12.5. The van der Waals surface area contributed by atoms with Gasteiger partial charge in [-0.25, -0.2) is 9.59 Å². The molecule has 1 aliphatic heterocycles. The van der Waals surface area contributed by atoms with Gasteiger partial charge in [-0.05, 0) is 18.1 Å². The molecule has 2 aromatic carbocycles. The summed E-state index contributed by atoms with van der Waals surface area (Å²) in [6.07, 6.45) is -1.60. The topological polar surface area (TPSA) is 134 Å². The van der Waals surface area contributed by atoms with Crippen molar-refractivity contribution in [3.05, 3.63) is 71.8 Å². The summed E-state index contributed by atoms with van der Waals surface area (Å²) in [5.74, 6) is -1.77. The van der Waals surface area contributed by atoms with Gasteiger partial charge in [-0.1, -0.05) is 60.7 Å². The predicted octanol–water partition coefficient (Wildman–Crippen LogP) is 1.12. The van der Waals surface area contributed by atoms with Crippen molar-refractivity contribution in [3.8, 4) is 0 Å². The molecule has 0 bridgehead atoms. The normalized spacial score (nSPS) is 17.8. The van der Waals surface area contributed by atoms with Crippen LogP contribution in [0.2, 0.25) is 0 Å². The number of aliphatic hydroxyl groups excluding tert-OH is 1. The fourth-order valence-electron chi connectivity index (χ4n) is 3.64. The summed E-state index contributed by atoms with van der Waals surface area (Å²) in [6, 6.07) is 16.2. The first-order valence-corrected chi connectivity index (χ1v) is 11.3. The maximum Gasteiger partial charge on any atom is 0.407 e. The minimum atomic E-state index is -0.987. The molecule has 0 aliphatic carbocycles. The Labute approximate surface area is 203 Å². The zero-order valence-electron chi connectivity index (χ0n) is 19.4. The van der Waals surface area contributed by atoms with Crippen LogP contribution in [0, 0.1) is 0 Å². The summed E-state index contributed by atoms with van der Waals surface area (Å²) in [6.45, 7) is 1.13. The number of benzene rings is 2. The first-order chi connectivity index (χ1) is 16.8. The van der Waals surface area contributed by atoms with Crippen LogP contribution in [0.15, 0.2) is 60.7 Å². The molecule has 1 aliphatic rings. The van der Waals surface area contributed by atoms with Gasteiger partial charge in [0.2, 0.25) is 11.8 Å². The number of hydrogen-bond acceptors (Lipinski definition) is 7. The number of esters is 1. The van der Waals surface area contributed by atoms with E-state index in [1.54, 1.807) is 12.1 Å². The number of hydrogen-bond donors (Lipinski definition) is 3. The van der Waals surface area contributed by atoms with E-state index in [4.69, 9.17) is 9.47 Å². The number of nitrogens with one attached hydrogen (secondary N) is 2. The Bertz CT molecular complexity index is 1020. The fourth-order valence-corrected chi connectivity index (χ4v) is 3.64. The second-order valence-electron chi connectivity index (χ2n) is 8.19.